The Kier molecular flexibility index (Phi) is 3.28. The van der Waals surface area contributed by atoms with Crippen molar-refractivity contribution in [3.05, 3.63) is 48.0 Å². The number of benzene rings is 1. The predicted octanol–water partition coefficient (Wildman–Crippen LogP) is 3.06. The largest absolute Gasteiger partial charge is 0.481 e. The van der Waals surface area contributed by atoms with Crippen LogP contribution in [0.25, 0.3) is 16.9 Å². The van der Waals surface area contributed by atoms with Crippen LogP contribution >= 0.6 is 11.6 Å². The van der Waals surface area contributed by atoms with Gasteiger partial charge in [0.25, 0.3) is 0 Å². The molecule has 0 radical (unpaired) electrons. The Bertz CT molecular complexity index is 787. The molecule has 2 heterocycles. The van der Waals surface area contributed by atoms with E-state index in [9.17, 15) is 0 Å². The van der Waals surface area contributed by atoms with Gasteiger partial charge in [0.15, 0.2) is 10.8 Å². The SMILES string of the molecule is C#CCOc1ccc(-c2cnc3c(Cl)nccn23)cc1. The highest BCUT2D eigenvalue weighted by atomic mass is 35.5. The molecule has 0 bridgehead atoms. The molecule has 0 aliphatic heterocycles. The molecule has 0 amide bonds. The van der Waals surface area contributed by atoms with Crippen molar-refractivity contribution in [1.29, 1.82) is 0 Å². The van der Waals surface area contributed by atoms with Gasteiger partial charge in [0.2, 0.25) is 0 Å². The van der Waals surface area contributed by atoms with Gasteiger partial charge in [0.05, 0.1) is 11.9 Å². The highest BCUT2D eigenvalue weighted by Crippen LogP contribution is 2.25. The van der Waals surface area contributed by atoms with E-state index in [-0.39, 0.29) is 6.61 Å². The van der Waals surface area contributed by atoms with E-state index in [0.717, 1.165) is 17.0 Å². The van der Waals surface area contributed by atoms with Crippen LogP contribution in [0.5, 0.6) is 5.75 Å². The van der Waals surface area contributed by atoms with Crippen LogP contribution < -0.4 is 4.74 Å². The first kappa shape index (κ1) is 12.5. The van der Waals surface area contributed by atoms with Gasteiger partial charge >= 0.3 is 0 Å². The molecule has 5 heteroatoms. The van der Waals surface area contributed by atoms with E-state index >= 15 is 0 Å². The van der Waals surface area contributed by atoms with Crippen LogP contribution in [-0.4, -0.2) is 21.0 Å². The summed E-state index contributed by atoms with van der Waals surface area (Å²) in [5, 5.41) is 0.382. The van der Waals surface area contributed by atoms with Crippen LogP contribution in [0.15, 0.2) is 42.9 Å². The zero-order valence-corrected chi connectivity index (χ0v) is 11.2. The molecule has 0 saturated heterocycles. The second-order valence-corrected chi connectivity index (χ2v) is 4.43. The van der Waals surface area contributed by atoms with Crippen molar-refractivity contribution in [3.8, 4) is 29.4 Å². The number of ether oxygens (including phenoxy) is 1. The number of imidazole rings is 1. The Morgan fingerprint density at radius 1 is 1.25 bits per heavy atom. The highest BCUT2D eigenvalue weighted by Gasteiger charge is 2.08. The maximum atomic E-state index is 6.01. The van der Waals surface area contributed by atoms with Gasteiger partial charge in [-0.15, -0.1) is 6.42 Å². The molecule has 0 spiro atoms. The van der Waals surface area contributed by atoms with Crippen molar-refractivity contribution in [2.75, 3.05) is 6.61 Å². The van der Waals surface area contributed by atoms with Crippen molar-refractivity contribution in [2.24, 2.45) is 0 Å². The average molecular weight is 284 g/mol. The fourth-order valence-corrected chi connectivity index (χ4v) is 2.14. The van der Waals surface area contributed by atoms with E-state index in [0.29, 0.717) is 10.8 Å². The predicted molar refractivity (Wildman–Crippen MR) is 77.8 cm³/mol. The first-order valence-electron chi connectivity index (χ1n) is 5.94. The van der Waals surface area contributed by atoms with Crippen molar-refractivity contribution in [3.63, 3.8) is 0 Å². The van der Waals surface area contributed by atoms with E-state index in [1.165, 1.54) is 0 Å². The molecule has 0 aliphatic rings. The van der Waals surface area contributed by atoms with Gasteiger partial charge in [-0.3, -0.25) is 4.40 Å². The number of aromatic nitrogens is 3. The smallest absolute Gasteiger partial charge is 0.175 e. The monoisotopic (exact) mass is 283 g/mol. The summed E-state index contributed by atoms with van der Waals surface area (Å²) in [5.74, 6) is 3.17. The van der Waals surface area contributed by atoms with Gasteiger partial charge in [-0.05, 0) is 24.3 Å². The van der Waals surface area contributed by atoms with Gasteiger partial charge in [-0.25, -0.2) is 9.97 Å². The second kappa shape index (κ2) is 5.24. The van der Waals surface area contributed by atoms with Crippen molar-refractivity contribution in [2.45, 2.75) is 0 Å². The normalized spacial score (nSPS) is 10.4. The summed E-state index contributed by atoms with van der Waals surface area (Å²) in [6.07, 6.45) is 10.4. The van der Waals surface area contributed by atoms with Crippen LogP contribution in [0, 0.1) is 12.3 Å². The maximum Gasteiger partial charge on any atom is 0.175 e. The van der Waals surface area contributed by atoms with E-state index in [1.54, 1.807) is 12.4 Å². The minimum atomic E-state index is 0.260. The Labute approximate surface area is 121 Å². The summed E-state index contributed by atoms with van der Waals surface area (Å²) in [6.45, 7) is 0.260. The zero-order valence-electron chi connectivity index (χ0n) is 10.5. The number of hydrogen-bond donors (Lipinski definition) is 0. The van der Waals surface area contributed by atoms with Gasteiger partial charge in [0, 0.05) is 18.0 Å². The van der Waals surface area contributed by atoms with E-state index in [1.807, 2.05) is 34.9 Å². The molecule has 4 nitrogen and oxygen atoms in total. The van der Waals surface area contributed by atoms with Crippen molar-refractivity contribution >= 4 is 17.2 Å². The maximum absolute atomic E-state index is 6.01. The number of fused-ring (bicyclic) bond motifs is 1. The van der Waals surface area contributed by atoms with Gasteiger partial charge < -0.3 is 4.74 Å². The summed E-state index contributed by atoms with van der Waals surface area (Å²) in [6, 6.07) is 7.64. The van der Waals surface area contributed by atoms with Crippen LogP contribution in [0.4, 0.5) is 0 Å². The molecule has 0 N–H and O–H groups in total. The standard InChI is InChI=1S/C15H10ClN3O/c1-2-9-20-12-5-3-11(4-6-12)13-10-18-15-14(16)17-7-8-19(13)15/h1,3-8,10H,9H2. The Balaban J connectivity index is 1.99. The van der Waals surface area contributed by atoms with Gasteiger partial charge in [-0.2, -0.15) is 0 Å². The minimum absolute atomic E-state index is 0.260. The Morgan fingerprint density at radius 3 is 2.80 bits per heavy atom. The molecule has 0 fully saturated rings. The quantitative estimate of drug-likeness (QED) is 0.694. The molecular formula is C15H10ClN3O. The first-order chi connectivity index (χ1) is 9.79. The molecular weight excluding hydrogens is 274 g/mol. The summed E-state index contributed by atoms with van der Waals surface area (Å²) in [7, 11) is 0. The van der Waals surface area contributed by atoms with Crippen LogP contribution in [0.2, 0.25) is 5.15 Å². The molecule has 0 saturated carbocycles. The fourth-order valence-electron chi connectivity index (χ4n) is 1.95. The van der Waals surface area contributed by atoms with Crippen LogP contribution in [-0.2, 0) is 0 Å². The molecule has 0 aliphatic carbocycles. The number of hydrogen-bond acceptors (Lipinski definition) is 3. The summed E-state index contributed by atoms with van der Waals surface area (Å²) in [4.78, 5) is 8.28. The molecule has 98 valence electrons. The fraction of sp³-hybridized carbons (Fsp3) is 0.0667. The van der Waals surface area contributed by atoms with E-state index in [2.05, 4.69) is 15.9 Å². The third-order valence-corrected chi connectivity index (χ3v) is 3.12. The lowest BCUT2D eigenvalue weighted by atomic mass is 10.1. The molecule has 0 atom stereocenters. The third kappa shape index (κ3) is 2.20. The molecule has 0 unspecified atom stereocenters. The van der Waals surface area contributed by atoms with Crippen molar-refractivity contribution in [1.82, 2.24) is 14.4 Å². The van der Waals surface area contributed by atoms with Crippen LogP contribution in [0.3, 0.4) is 0 Å². The minimum Gasteiger partial charge on any atom is -0.481 e. The number of nitrogens with zero attached hydrogens (tertiary/aromatic N) is 3. The number of terminal acetylenes is 1. The molecule has 2 aromatic heterocycles. The average Bonchev–Trinajstić information content (AvgIpc) is 2.91. The molecule has 1 aromatic carbocycles. The topological polar surface area (TPSA) is 39.4 Å². The van der Waals surface area contributed by atoms with E-state index in [4.69, 9.17) is 22.8 Å². The molecule has 20 heavy (non-hydrogen) atoms. The highest BCUT2D eigenvalue weighted by molar-refractivity contribution is 6.32. The lowest BCUT2D eigenvalue weighted by Gasteiger charge is -2.05. The molecule has 3 aromatic rings. The summed E-state index contributed by atoms with van der Waals surface area (Å²) in [5.41, 5.74) is 2.58. The lowest BCUT2D eigenvalue weighted by Crippen LogP contribution is -1.93. The summed E-state index contributed by atoms with van der Waals surface area (Å²) < 4.78 is 7.24. The zero-order chi connectivity index (χ0) is 13.9. The number of rotatable bonds is 3. The first-order valence-corrected chi connectivity index (χ1v) is 6.31. The second-order valence-electron chi connectivity index (χ2n) is 4.07. The van der Waals surface area contributed by atoms with Gasteiger partial charge in [0.1, 0.15) is 12.4 Å². The summed E-state index contributed by atoms with van der Waals surface area (Å²) >= 11 is 6.01. The van der Waals surface area contributed by atoms with E-state index < -0.39 is 0 Å². The Morgan fingerprint density at radius 2 is 2.05 bits per heavy atom. The van der Waals surface area contributed by atoms with Crippen LogP contribution in [0.1, 0.15) is 0 Å². The Hall–Kier alpha value is -2.51. The van der Waals surface area contributed by atoms with Crippen molar-refractivity contribution < 1.29 is 4.74 Å². The number of halogens is 1. The lowest BCUT2D eigenvalue weighted by molar-refractivity contribution is 0.370. The third-order valence-electron chi connectivity index (χ3n) is 2.86. The molecule has 3 rings (SSSR count). The van der Waals surface area contributed by atoms with Gasteiger partial charge in [-0.1, -0.05) is 17.5 Å².